The van der Waals surface area contributed by atoms with Crippen LogP contribution >= 0.6 is 11.3 Å². The average molecular weight is 268 g/mol. The summed E-state index contributed by atoms with van der Waals surface area (Å²) in [5.41, 5.74) is 1.57. The molecule has 3 rings (SSSR count). The summed E-state index contributed by atoms with van der Waals surface area (Å²) in [7, 11) is 0. The molecule has 2 amide bonds. The van der Waals surface area contributed by atoms with Gasteiger partial charge >= 0.3 is 6.03 Å². The van der Waals surface area contributed by atoms with E-state index in [9.17, 15) is 9.90 Å². The van der Waals surface area contributed by atoms with E-state index in [1.807, 2.05) is 0 Å². The molecular weight excluding hydrogens is 252 g/mol. The molecule has 1 aromatic heterocycles. The van der Waals surface area contributed by atoms with Crippen molar-refractivity contribution in [3.05, 3.63) is 5.51 Å². The van der Waals surface area contributed by atoms with Crippen molar-refractivity contribution in [3.8, 4) is 0 Å². The van der Waals surface area contributed by atoms with Gasteiger partial charge in [0.25, 0.3) is 0 Å². The van der Waals surface area contributed by atoms with Crippen LogP contribution in [0.2, 0.25) is 0 Å². The van der Waals surface area contributed by atoms with Crippen molar-refractivity contribution in [3.63, 3.8) is 0 Å². The lowest BCUT2D eigenvalue weighted by Gasteiger charge is -2.30. The van der Waals surface area contributed by atoms with E-state index in [0.29, 0.717) is 17.0 Å². The standard InChI is InChI=1S/C11H16N4O2S/c16-4-8-6-1-2-7(3-6)9(8)13-10(17)14-11-15-12-5-18-11/h5-9,16H,1-4H2,(H2,13,14,15,17)/t6-,7-,8+,9-/m0/s1. The summed E-state index contributed by atoms with van der Waals surface area (Å²) >= 11 is 1.29. The van der Waals surface area contributed by atoms with E-state index in [0.717, 1.165) is 12.8 Å². The summed E-state index contributed by atoms with van der Waals surface area (Å²) < 4.78 is 0. The fourth-order valence-electron chi connectivity index (χ4n) is 3.41. The van der Waals surface area contributed by atoms with Crippen LogP contribution in [0.4, 0.5) is 9.93 Å². The van der Waals surface area contributed by atoms with Crippen molar-refractivity contribution in [2.45, 2.75) is 25.3 Å². The van der Waals surface area contributed by atoms with Crippen molar-refractivity contribution in [1.82, 2.24) is 15.5 Å². The number of rotatable bonds is 3. The molecule has 18 heavy (non-hydrogen) atoms. The van der Waals surface area contributed by atoms with Gasteiger partial charge in [-0.25, -0.2) is 4.79 Å². The van der Waals surface area contributed by atoms with Crippen molar-refractivity contribution in [2.75, 3.05) is 11.9 Å². The Balaban J connectivity index is 1.60. The fourth-order valence-corrected chi connectivity index (χ4v) is 3.85. The molecule has 0 spiro atoms. The number of fused-ring (bicyclic) bond motifs is 2. The van der Waals surface area contributed by atoms with Crippen LogP contribution in [0, 0.1) is 17.8 Å². The molecule has 2 bridgehead atoms. The van der Waals surface area contributed by atoms with Crippen LogP contribution in [0.1, 0.15) is 19.3 Å². The summed E-state index contributed by atoms with van der Waals surface area (Å²) in [6.07, 6.45) is 3.48. The maximum Gasteiger partial charge on any atom is 0.321 e. The molecule has 1 aromatic rings. The molecule has 7 heteroatoms. The normalized spacial score (nSPS) is 33.6. The Hall–Kier alpha value is -1.21. The number of aliphatic hydroxyl groups is 1. The lowest BCUT2D eigenvalue weighted by molar-refractivity contribution is 0.146. The Morgan fingerprint density at radius 2 is 2.33 bits per heavy atom. The monoisotopic (exact) mass is 268 g/mol. The van der Waals surface area contributed by atoms with E-state index in [1.165, 1.54) is 17.8 Å². The van der Waals surface area contributed by atoms with Gasteiger partial charge in [0.15, 0.2) is 0 Å². The van der Waals surface area contributed by atoms with Gasteiger partial charge in [-0.3, -0.25) is 5.32 Å². The molecule has 6 nitrogen and oxygen atoms in total. The van der Waals surface area contributed by atoms with Crippen LogP contribution in [-0.2, 0) is 0 Å². The first-order valence-electron chi connectivity index (χ1n) is 6.22. The van der Waals surface area contributed by atoms with Gasteiger partial charge in [0.2, 0.25) is 5.13 Å². The van der Waals surface area contributed by atoms with Gasteiger partial charge in [-0.15, -0.1) is 10.2 Å². The van der Waals surface area contributed by atoms with Gasteiger partial charge in [-0.1, -0.05) is 11.3 Å². The number of carbonyl (C=O) groups is 1. The molecule has 0 aliphatic heterocycles. The number of hydrogen-bond acceptors (Lipinski definition) is 5. The molecular formula is C11H16N4O2S. The molecule has 3 N–H and O–H groups in total. The SMILES string of the molecule is O=C(Nc1nncs1)N[C@H]1[C@H]2CC[C@@H](C2)[C@H]1CO. The summed E-state index contributed by atoms with van der Waals surface area (Å²) in [6, 6.07) is -0.149. The van der Waals surface area contributed by atoms with E-state index in [4.69, 9.17) is 0 Å². The second-order valence-corrected chi connectivity index (χ2v) is 5.88. The van der Waals surface area contributed by atoms with Gasteiger partial charge in [0.05, 0.1) is 0 Å². The Bertz CT molecular complexity index is 425. The first kappa shape index (κ1) is 11.9. The smallest absolute Gasteiger partial charge is 0.321 e. The highest BCUT2D eigenvalue weighted by Crippen LogP contribution is 2.48. The number of amides is 2. The third-order valence-corrected chi connectivity index (χ3v) is 4.78. The minimum absolute atomic E-state index is 0.0988. The van der Waals surface area contributed by atoms with E-state index in [1.54, 1.807) is 5.51 Å². The van der Waals surface area contributed by atoms with Crippen LogP contribution in [0.5, 0.6) is 0 Å². The second kappa shape index (κ2) is 4.81. The first-order chi connectivity index (χ1) is 8.78. The van der Waals surface area contributed by atoms with Crippen molar-refractivity contribution >= 4 is 22.5 Å². The van der Waals surface area contributed by atoms with E-state index in [2.05, 4.69) is 20.8 Å². The molecule has 2 aliphatic rings. The predicted molar refractivity (Wildman–Crippen MR) is 67.3 cm³/mol. The van der Waals surface area contributed by atoms with E-state index >= 15 is 0 Å². The van der Waals surface area contributed by atoms with Crippen LogP contribution in [0.3, 0.4) is 0 Å². The molecule has 0 unspecified atom stereocenters. The Morgan fingerprint density at radius 1 is 1.50 bits per heavy atom. The minimum Gasteiger partial charge on any atom is -0.396 e. The van der Waals surface area contributed by atoms with Crippen LogP contribution in [-0.4, -0.2) is 34.0 Å². The number of urea groups is 1. The van der Waals surface area contributed by atoms with Crippen molar-refractivity contribution in [1.29, 1.82) is 0 Å². The molecule has 2 saturated carbocycles. The van der Waals surface area contributed by atoms with E-state index in [-0.39, 0.29) is 24.6 Å². The molecule has 2 aliphatic carbocycles. The summed E-state index contributed by atoms with van der Waals surface area (Å²) in [4.78, 5) is 11.8. The van der Waals surface area contributed by atoms with Crippen LogP contribution < -0.4 is 10.6 Å². The molecule has 1 heterocycles. The average Bonchev–Trinajstić information content (AvgIpc) is 3.04. The number of nitrogens with zero attached hydrogens (tertiary/aromatic N) is 2. The molecule has 0 radical (unpaired) electrons. The number of aliphatic hydroxyl groups excluding tert-OH is 1. The number of carbonyl (C=O) groups excluding carboxylic acids is 1. The lowest BCUT2D eigenvalue weighted by Crippen LogP contribution is -2.46. The molecule has 2 fully saturated rings. The zero-order valence-electron chi connectivity index (χ0n) is 9.87. The topological polar surface area (TPSA) is 87.1 Å². The number of anilines is 1. The highest BCUT2D eigenvalue weighted by molar-refractivity contribution is 7.13. The summed E-state index contributed by atoms with van der Waals surface area (Å²) in [5.74, 6) is 1.31. The highest BCUT2D eigenvalue weighted by Gasteiger charge is 2.47. The second-order valence-electron chi connectivity index (χ2n) is 5.05. The Morgan fingerprint density at radius 3 is 3.06 bits per heavy atom. The van der Waals surface area contributed by atoms with Gasteiger partial charge in [-0.2, -0.15) is 0 Å². The largest absolute Gasteiger partial charge is 0.396 e. The molecule has 98 valence electrons. The third-order valence-electron chi connectivity index (χ3n) is 4.18. The van der Waals surface area contributed by atoms with Gasteiger partial charge in [0.1, 0.15) is 5.51 Å². The van der Waals surface area contributed by atoms with Crippen molar-refractivity contribution in [2.24, 2.45) is 17.8 Å². The van der Waals surface area contributed by atoms with E-state index < -0.39 is 0 Å². The number of hydrogen-bond donors (Lipinski definition) is 3. The summed E-state index contributed by atoms with van der Waals surface area (Å²) in [5, 5.41) is 23.0. The fraction of sp³-hybridized carbons (Fsp3) is 0.727. The Kier molecular flexibility index (Phi) is 3.17. The maximum atomic E-state index is 11.8. The van der Waals surface area contributed by atoms with Crippen LogP contribution in [0.15, 0.2) is 5.51 Å². The number of aromatic nitrogens is 2. The maximum absolute atomic E-state index is 11.8. The predicted octanol–water partition coefficient (Wildman–Crippen LogP) is 1.07. The van der Waals surface area contributed by atoms with Crippen LogP contribution in [0.25, 0.3) is 0 Å². The minimum atomic E-state index is -0.247. The molecule has 0 saturated heterocycles. The van der Waals surface area contributed by atoms with Crippen molar-refractivity contribution < 1.29 is 9.90 Å². The third kappa shape index (κ3) is 2.08. The zero-order chi connectivity index (χ0) is 12.5. The molecule has 4 atom stereocenters. The van der Waals surface area contributed by atoms with Gasteiger partial charge < -0.3 is 10.4 Å². The first-order valence-corrected chi connectivity index (χ1v) is 7.10. The number of nitrogens with one attached hydrogen (secondary N) is 2. The summed E-state index contributed by atoms with van der Waals surface area (Å²) in [6.45, 7) is 0.158. The lowest BCUT2D eigenvalue weighted by atomic mass is 9.85. The molecule has 0 aromatic carbocycles. The zero-order valence-corrected chi connectivity index (χ0v) is 10.7. The quantitative estimate of drug-likeness (QED) is 0.765. The van der Waals surface area contributed by atoms with Gasteiger partial charge in [0, 0.05) is 18.6 Å². The van der Waals surface area contributed by atoms with Gasteiger partial charge in [-0.05, 0) is 31.1 Å². The highest BCUT2D eigenvalue weighted by atomic mass is 32.1. The Labute approximate surface area is 109 Å².